The SMILES string of the molecule is Cc1ccccc1S(=O)(=O)N1CCCC(c2nnc(C(=O)Nc3ccc(Cl)cc3)s2)C1. The Morgan fingerprint density at radius 3 is 2.65 bits per heavy atom. The first-order valence-electron chi connectivity index (χ1n) is 9.80. The second-order valence-corrected chi connectivity index (χ2v) is 10.7. The number of amides is 1. The second-order valence-electron chi connectivity index (χ2n) is 7.37. The van der Waals surface area contributed by atoms with Gasteiger partial charge in [-0.3, -0.25) is 4.79 Å². The van der Waals surface area contributed by atoms with Crippen molar-refractivity contribution in [1.82, 2.24) is 14.5 Å². The van der Waals surface area contributed by atoms with E-state index >= 15 is 0 Å². The van der Waals surface area contributed by atoms with Crippen molar-refractivity contribution >= 4 is 44.6 Å². The lowest BCUT2D eigenvalue weighted by Crippen LogP contribution is -2.39. The zero-order valence-electron chi connectivity index (χ0n) is 16.8. The van der Waals surface area contributed by atoms with E-state index in [1.54, 1.807) is 49.4 Å². The van der Waals surface area contributed by atoms with Crippen molar-refractivity contribution in [2.75, 3.05) is 18.4 Å². The van der Waals surface area contributed by atoms with Gasteiger partial charge in [0, 0.05) is 29.7 Å². The van der Waals surface area contributed by atoms with Crippen molar-refractivity contribution < 1.29 is 13.2 Å². The van der Waals surface area contributed by atoms with Gasteiger partial charge in [-0.25, -0.2) is 8.42 Å². The number of halogens is 1. The Morgan fingerprint density at radius 1 is 1.16 bits per heavy atom. The number of hydrogen-bond acceptors (Lipinski definition) is 6. The summed E-state index contributed by atoms with van der Waals surface area (Å²) in [6.45, 7) is 2.59. The highest BCUT2D eigenvalue weighted by atomic mass is 35.5. The van der Waals surface area contributed by atoms with Gasteiger partial charge in [0.2, 0.25) is 15.0 Å². The maximum absolute atomic E-state index is 13.1. The molecule has 3 aromatic rings. The molecular weight excluding hydrogens is 456 g/mol. The van der Waals surface area contributed by atoms with Gasteiger partial charge in [0.25, 0.3) is 5.91 Å². The van der Waals surface area contributed by atoms with Gasteiger partial charge in [0.1, 0.15) is 5.01 Å². The molecule has 2 aromatic carbocycles. The molecule has 1 aliphatic heterocycles. The molecule has 0 bridgehead atoms. The van der Waals surface area contributed by atoms with Crippen LogP contribution in [0.25, 0.3) is 0 Å². The fraction of sp³-hybridized carbons (Fsp3) is 0.286. The largest absolute Gasteiger partial charge is 0.320 e. The van der Waals surface area contributed by atoms with E-state index in [-0.39, 0.29) is 16.8 Å². The number of hydrogen-bond donors (Lipinski definition) is 1. The third-order valence-corrected chi connectivity index (χ3v) is 8.54. The lowest BCUT2D eigenvalue weighted by Gasteiger charge is -2.31. The Hall–Kier alpha value is -2.33. The number of anilines is 1. The molecule has 1 aliphatic rings. The standard InChI is InChI=1S/C21H21ClN4O3S2/c1-14-5-2-3-7-18(14)31(28,29)26-12-4-6-15(13-26)20-24-25-21(30-20)19(27)23-17-10-8-16(22)9-11-17/h2-3,5,7-11,15H,4,6,12-13H2,1H3,(H,23,27). The molecule has 1 unspecified atom stereocenters. The van der Waals surface area contributed by atoms with Gasteiger partial charge in [0.05, 0.1) is 4.90 Å². The number of benzene rings is 2. The lowest BCUT2D eigenvalue weighted by molar-refractivity contribution is 0.102. The van der Waals surface area contributed by atoms with Crippen molar-refractivity contribution in [3.63, 3.8) is 0 Å². The Labute approximate surface area is 190 Å². The van der Waals surface area contributed by atoms with Gasteiger partial charge in [-0.05, 0) is 55.7 Å². The molecule has 1 amide bonds. The quantitative estimate of drug-likeness (QED) is 0.592. The first kappa shape index (κ1) is 21.9. The number of sulfonamides is 1. The van der Waals surface area contributed by atoms with Crippen LogP contribution in [-0.4, -0.2) is 41.9 Å². The normalized spacial score (nSPS) is 17.4. The highest BCUT2D eigenvalue weighted by Gasteiger charge is 2.33. The molecule has 2 heterocycles. The predicted octanol–water partition coefficient (Wildman–Crippen LogP) is 4.32. The van der Waals surface area contributed by atoms with Crippen molar-refractivity contribution in [2.24, 2.45) is 0 Å². The van der Waals surface area contributed by atoms with Gasteiger partial charge in [-0.2, -0.15) is 4.31 Å². The summed E-state index contributed by atoms with van der Waals surface area (Å²) < 4.78 is 27.8. The summed E-state index contributed by atoms with van der Waals surface area (Å²) >= 11 is 7.07. The minimum atomic E-state index is -3.59. The predicted molar refractivity (Wildman–Crippen MR) is 121 cm³/mol. The molecule has 1 saturated heterocycles. The van der Waals surface area contributed by atoms with Crippen LogP contribution in [0.2, 0.25) is 5.02 Å². The Bertz CT molecular complexity index is 1200. The molecule has 0 saturated carbocycles. The minimum Gasteiger partial charge on any atom is -0.320 e. The molecule has 10 heteroatoms. The van der Waals surface area contributed by atoms with Crippen LogP contribution in [0.5, 0.6) is 0 Å². The summed E-state index contributed by atoms with van der Waals surface area (Å²) in [5.41, 5.74) is 1.33. The van der Waals surface area contributed by atoms with Crippen molar-refractivity contribution in [2.45, 2.75) is 30.6 Å². The van der Waals surface area contributed by atoms with Crippen molar-refractivity contribution in [3.05, 3.63) is 69.1 Å². The average Bonchev–Trinajstić information content (AvgIpc) is 3.26. The number of aromatic nitrogens is 2. The number of rotatable bonds is 5. The topological polar surface area (TPSA) is 92.3 Å². The number of nitrogens with one attached hydrogen (secondary N) is 1. The molecule has 162 valence electrons. The molecule has 0 spiro atoms. The molecule has 1 atom stereocenters. The Kier molecular flexibility index (Phi) is 6.38. The Balaban J connectivity index is 1.48. The first-order chi connectivity index (χ1) is 14.8. The van der Waals surface area contributed by atoms with Gasteiger partial charge >= 0.3 is 0 Å². The molecule has 0 radical (unpaired) electrons. The van der Waals surface area contributed by atoms with Gasteiger partial charge in [0.15, 0.2) is 0 Å². The molecule has 1 fully saturated rings. The molecule has 7 nitrogen and oxygen atoms in total. The third-order valence-electron chi connectivity index (χ3n) is 5.18. The molecule has 0 aliphatic carbocycles. The number of carbonyl (C=O) groups is 1. The average molecular weight is 477 g/mol. The van der Waals surface area contributed by atoms with Gasteiger partial charge < -0.3 is 5.32 Å². The fourth-order valence-electron chi connectivity index (χ4n) is 3.56. The maximum Gasteiger partial charge on any atom is 0.286 e. The summed E-state index contributed by atoms with van der Waals surface area (Å²) in [6.07, 6.45) is 1.52. The van der Waals surface area contributed by atoms with E-state index in [0.29, 0.717) is 33.7 Å². The van der Waals surface area contributed by atoms with Crippen LogP contribution in [0.4, 0.5) is 5.69 Å². The molecule has 4 rings (SSSR count). The summed E-state index contributed by atoms with van der Waals surface area (Å²) in [5, 5.41) is 12.5. The van der Waals surface area contributed by atoms with Crippen LogP contribution in [0.15, 0.2) is 53.4 Å². The lowest BCUT2D eigenvalue weighted by atomic mass is 10.0. The van der Waals surface area contributed by atoms with E-state index in [0.717, 1.165) is 18.4 Å². The number of carbonyl (C=O) groups excluding carboxylic acids is 1. The van der Waals surface area contributed by atoms with Crippen LogP contribution in [-0.2, 0) is 10.0 Å². The third kappa shape index (κ3) is 4.79. The monoisotopic (exact) mass is 476 g/mol. The smallest absolute Gasteiger partial charge is 0.286 e. The summed E-state index contributed by atoms with van der Waals surface area (Å²) in [4.78, 5) is 12.8. The van der Waals surface area contributed by atoms with E-state index < -0.39 is 10.0 Å². The number of piperidine rings is 1. The highest BCUT2D eigenvalue weighted by molar-refractivity contribution is 7.89. The highest BCUT2D eigenvalue weighted by Crippen LogP contribution is 2.32. The summed E-state index contributed by atoms with van der Waals surface area (Å²) in [5.74, 6) is -0.451. The van der Waals surface area contributed by atoms with Crippen LogP contribution >= 0.6 is 22.9 Å². The second kappa shape index (κ2) is 9.04. The van der Waals surface area contributed by atoms with Crippen molar-refractivity contribution in [3.8, 4) is 0 Å². The van der Waals surface area contributed by atoms with E-state index in [1.807, 2.05) is 6.07 Å². The van der Waals surface area contributed by atoms with Crippen LogP contribution in [0.1, 0.15) is 39.1 Å². The van der Waals surface area contributed by atoms with Crippen LogP contribution < -0.4 is 5.32 Å². The van der Waals surface area contributed by atoms with Gasteiger partial charge in [-0.15, -0.1) is 10.2 Å². The molecular formula is C21H21ClN4O3S2. The van der Waals surface area contributed by atoms with E-state index in [1.165, 1.54) is 15.6 Å². The summed E-state index contributed by atoms with van der Waals surface area (Å²) in [6, 6.07) is 13.8. The number of aryl methyl sites for hydroxylation is 1. The number of nitrogens with zero attached hydrogens (tertiary/aromatic N) is 3. The molecule has 1 aromatic heterocycles. The van der Waals surface area contributed by atoms with E-state index in [9.17, 15) is 13.2 Å². The fourth-order valence-corrected chi connectivity index (χ4v) is 6.30. The summed E-state index contributed by atoms with van der Waals surface area (Å²) in [7, 11) is -3.59. The molecule has 31 heavy (non-hydrogen) atoms. The Morgan fingerprint density at radius 2 is 1.90 bits per heavy atom. The van der Waals surface area contributed by atoms with Gasteiger partial charge in [-0.1, -0.05) is 41.1 Å². The van der Waals surface area contributed by atoms with Crippen LogP contribution in [0.3, 0.4) is 0 Å². The van der Waals surface area contributed by atoms with E-state index in [2.05, 4.69) is 15.5 Å². The zero-order chi connectivity index (χ0) is 22.0. The minimum absolute atomic E-state index is 0.0953. The maximum atomic E-state index is 13.1. The molecule has 1 N–H and O–H groups in total. The first-order valence-corrected chi connectivity index (χ1v) is 12.4. The zero-order valence-corrected chi connectivity index (χ0v) is 19.2. The van der Waals surface area contributed by atoms with E-state index in [4.69, 9.17) is 11.6 Å². The van der Waals surface area contributed by atoms with Crippen molar-refractivity contribution in [1.29, 1.82) is 0 Å². The van der Waals surface area contributed by atoms with Crippen LogP contribution in [0, 0.1) is 6.92 Å².